The summed E-state index contributed by atoms with van der Waals surface area (Å²) in [7, 11) is 1.61. The molecule has 4 N–H and O–H groups in total. The van der Waals surface area contributed by atoms with Crippen LogP contribution < -0.4 is 15.8 Å². The normalized spacial score (nSPS) is 22.8. The van der Waals surface area contributed by atoms with E-state index in [1.165, 1.54) is 95.6 Å². The molecule has 1 aromatic rings. The van der Waals surface area contributed by atoms with Crippen LogP contribution in [0.3, 0.4) is 0 Å². The Morgan fingerprint density at radius 2 is 1.67 bits per heavy atom. The van der Waals surface area contributed by atoms with Gasteiger partial charge in [0.05, 0.1) is 12.8 Å². The Balaban J connectivity index is 1.52. The van der Waals surface area contributed by atoms with E-state index in [9.17, 15) is 4.79 Å². The largest absolute Gasteiger partial charge is 0.495 e. The molecule has 0 radical (unpaired) electrons. The van der Waals surface area contributed by atoms with Gasteiger partial charge in [-0.1, -0.05) is 44.9 Å². The van der Waals surface area contributed by atoms with Crippen molar-refractivity contribution in [1.82, 2.24) is 4.90 Å². The maximum atomic E-state index is 11.1. The van der Waals surface area contributed by atoms with Gasteiger partial charge in [0.1, 0.15) is 5.75 Å². The quantitative estimate of drug-likeness (QED) is 0.302. The zero-order valence-corrected chi connectivity index (χ0v) is 20.8. The van der Waals surface area contributed by atoms with Crippen molar-refractivity contribution in [3.05, 3.63) is 23.3 Å². The van der Waals surface area contributed by atoms with Crippen LogP contribution in [0.5, 0.6) is 5.75 Å². The number of nitrogens with one attached hydrogen (secondary N) is 1. The van der Waals surface area contributed by atoms with Gasteiger partial charge in [-0.3, -0.25) is 10.2 Å². The van der Waals surface area contributed by atoms with Gasteiger partial charge >= 0.3 is 6.09 Å². The van der Waals surface area contributed by atoms with Gasteiger partial charge in [0.25, 0.3) is 0 Å². The second-order valence-electron chi connectivity index (χ2n) is 10.1. The Labute approximate surface area is 200 Å². The molecule has 1 aromatic carbocycles. The minimum atomic E-state index is -1.06. The van der Waals surface area contributed by atoms with E-state index < -0.39 is 6.09 Å². The lowest BCUT2D eigenvalue weighted by molar-refractivity contribution is 0.0287. The molecule has 3 rings (SSSR count). The van der Waals surface area contributed by atoms with Crippen LogP contribution in [-0.4, -0.2) is 48.4 Å². The molecule has 2 aliphatic heterocycles. The molecule has 33 heavy (non-hydrogen) atoms. The monoisotopic (exact) mass is 459 g/mol. The van der Waals surface area contributed by atoms with Gasteiger partial charge < -0.3 is 15.6 Å². The highest BCUT2D eigenvalue weighted by Crippen LogP contribution is 2.44. The third-order valence-corrected chi connectivity index (χ3v) is 7.77. The number of ether oxygens (including phenoxy) is 1. The maximum absolute atomic E-state index is 11.1. The van der Waals surface area contributed by atoms with Crippen LogP contribution in [0.4, 0.5) is 10.5 Å². The first-order chi connectivity index (χ1) is 16.0. The first kappa shape index (κ1) is 25.8. The van der Waals surface area contributed by atoms with Crippen molar-refractivity contribution in [1.29, 1.82) is 0 Å². The highest BCUT2D eigenvalue weighted by molar-refractivity contribution is 5.85. The Kier molecular flexibility index (Phi) is 10.3. The maximum Gasteiger partial charge on any atom is 0.409 e. The highest BCUT2D eigenvalue weighted by Gasteiger charge is 2.38. The van der Waals surface area contributed by atoms with E-state index in [1.807, 2.05) is 6.07 Å². The molecule has 186 valence electrons. The summed E-state index contributed by atoms with van der Waals surface area (Å²) in [6.45, 7) is 4.18. The van der Waals surface area contributed by atoms with Crippen LogP contribution in [0, 0.1) is 6.92 Å². The van der Waals surface area contributed by atoms with Crippen molar-refractivity contribution in [2.24, 2.45) is 5.73 Å². The molecule has 2 fully saturated rings. The van der Waals surface area contributed by atoms with Gasteiger partial charge in [0, 0.05) is 12.1 Å². The van der Waals surface area contributed by atoms with Crippen LogP contribution in [0.2, 0.25) is 0 Å². The van der Waals surface area contributed by atoms with E-state index in [4.69, 9.17) is 15.6 Å². The zero-order valence-electron chi connectivity index (χ0n) is 20.8. The predicted octanol–water partition coefficient (Wildman–Crippen LogP) is 6.27. The number of nitrogens with zero attached hydrogens (tertiary/aromatic N) is 1. The van der Waals surface area contributed by atoms with Crippen molar-refractivity contribution in [2.75, 3.05) is 25.5 Å². The summed E-state index contributed by atoms with van der Waals surface area (Å²) >= 11 is 0. The number of piperidine rings is 2. The van der Waals surface area contributed by atoms with E-state index in [2.05, 4.69) is 23.2 Å². The fourth-order valence-electron chi connectivity index (χ4n) is 6.12. The second-order valence-corrected chi connectivity index (χ2v) is 10.1. The van der Waals surface area contributed by atoms with Crippen molar-refractivity contribution in [3.63, 3.8) is 0 Å². The number of carbonyl (C=O) groups is 1. The molecule has 1 amide bonds. The number of nitrogens with two attached hydrogens (primary N) is 1. The molecule has 2 heterocycles. The summed E-state index contributed by atoms with van der Waals surface area (Å²) < 4.78 is 5.52. The number of methoxy groups -OCH3 is 1. The Morgan fingerprint density at radius 3 is 2.24 bits per heavy atom. The zero-order chi connectivity index (χ0) is 23.6. The number of carboxylic acid groups (broad SMARTS) is 1. The molecule has 6 heteroatoms. The van der Waals surface area contributed by atoms with Crippen LogP contribution in [0.1, 0.15) is 101 Å². The summed E-state index contributed by atoms with van der Waals surface area (Å²) in [5, 5.41) is 11.6. The van der Waals surface area contributed by atoms with Crippen molar-refractivity contribution in [2.45, 2.75) is 108 Å². The summed E-state index contributed by atoms with van der Waals surface area (Å²) in [4.78, 5) is 14.0. The van der Waals surface area contributed by atoms with Gasteiger partial charge in [0.2, 0.25) is 0 Å². The Hall–Kier alpha value is -1.79. The molecule has 2 aliphatic rings. The fraction of sp³-hybridized carbons (Fsp3) is 0.741. The molecule has 2 saturated heterocycles. The van der Waals surface area contributed by atoms with Gasteiger partial charge in [-0.15, -0.1) is 0 Å². The number of fused-ring (bicyclic) bond motifs is 2. The summed E-state index contributed by atoms with van der Waals surface area (Å²) in [5.74, 6) is 1.14. The number of benzene rings is 1. The fourth-order valence-corrected chi connectivity index (χ4v) is 6.12. The average molecular weight is 460 g/mol. The van der Waals surface area contributed by atoms with Crippen molar-refractivity contribution < 1.29 is 14.6 Å². The number of hydrogen-bond donors (Lipinski definition) is 3. The predicted molar refractivity (Wildman–Crippen MR) is 135 cm³/mol. The number of aryl methyl sites for hydroxylation is 1. The molecule has 2 unspecified atom stereocenters. The highest BCUT2D eigenvalue weighted by atomic mass is 16.5. The van der Waals surface area contributed by atoms with E-state index in [0.29, 0.717) is 29.4 Å². The minimum Gasteiger partial charge on any atom is -0.495 e. The van der Waals surface area contributed by atoms with Crippen LogP contribution >= 0.6 is 0 Å². The molecular formula is C27H45N3O3. The van der Waals surface area contributed by atoms with Gasteiger partial charge in [-0.05, 0) is 87.7 Å². The minimum absolute atomic E-state index is 0.526. The van der Waals surface area contributed by atoms with Crippen molar-refractivity contribution in [3.8, 4) is 5.75 Å². The SMILES string of the molecule is COc1cc(C2CC3CCCC(C2)N3CCCCCCCCCCN)c(C)cc1NC(=O)O. The van der Waals surface area contributed by atoms with E-state index in [-0.39, 0.29) is 0 Å². The average Bonchev–Trinajstić information content (AvgIpc) is 2.77. The molecule has 2 atom stereocenters. The van der Waals surface area contributed by atoms with Crippen molar-refractivity contribution >= 4 is 11.8 Å². The first-order valence-corrected chi connectivity index (χ1v) is 13.2. The Bertz CT molecular complexity index is 740. The van der Waals surface area contributed by atoms with Gasteiger partial charge in [-0.25, -0.2) is 4.79 Å². The second kappa shape index (κ2) is 13.2. The molecule has 0 aliphatic carbocycles. The lowest BCUT2D eigenvalue weighted by atomic mass is 9.74. The molecule has 0 spiro atoms. The third kappa shape index (κ3) is 7.35. The van der Waals surface area contributed by atoms with Gasteiger partial charge in [0.15, 0.2) is 0 Å². The standard InChI is InChI=1S/C27H45N3O3/c1-20-16-25(29-27(31)32)26(33-2)19-24(20)21-17-22-12-11-13-23(18-21)30(22)15-10-8-6-4-3-5-7-9-14-28/h16,19,21-23,29H,3-15,17-18,28H2,1-2H3,(H,31,32). The van der Waals surface area contributed by atoms with E-state index >= 15 is 0 Å². The van der Waals surface area contributed by atoms with E-state index in [0.717, 1.165) is 12.1 Å². The van der Waals surface area contributed by atoms with Crippen LogP contribution in [-0.2, 0) is 0 Å². The summed E-state index contributed by atoms with van der Waals surface area (Å²) in [6.07, 6.45) is 15.9. The third-order valence-electron chi connectivity index (χ3n) is 7.77. The van der Waals surface area contributed by atoms with Crippen LogP contribution in [0.25, 0.3) is 0 Å². The number of rotatable bonds is 13. The van der Waals surface area contributed by atoms with Crippen LogP contribution in [0.15, 0.2) is 12.1 Å². The lowest BCUT2D eigenvalue weighted by Gasteiger charge is -2.49. The smallest absolute Gasteiger partial charge is 0.409 e. The Morgan fingerprint density at radius 1 is 1.06 bits per heavy atom. The molecular weight excluding hydrogens is 414 g/mol. The van der Waals surface area contributed by atoms with Gasteiger partial charge in [-0.2, -0.15) is 0 Å². The topological polar surface area (TPSA) is 87.8 Å². The number of unbranched alkanes of at least 4 members (excludes halogenated alkanes) is 7. The van der Waals surface area contributed by atoms with E-state index in [1.54, 1.807) is 7.11 Å². The molecule has 6 nitrogen and oxygen atoms in total. The number of anilines is 1. The molecule has 0 aromatic heterocycles. The summed E-state index contributed by atoms with van der Waals surface area (Å²) in [5.41, 5.74) is 8.58. The first-order valence-electron chi connectivity index (χ1n) is 13.2. The lowest BCUT2D eigenvalue weighted by Crippen LogP contribution is -2.51. The number of hydrogen-bond acceptors (Lipinski definition) is 4. The molecule has 2 bridgehead atoms. The summed E-state index contributed by atoms with van der Waals surface area (Å²) in [6, 6.07) is 5.37. The number of amides is 1. The molecule has 0 saturated carbocycles.